The fraction of sp³-hybridized carbons (Fsp3) is 0.286. The van der Waals surface area contributed by atoms with E-state index >= 15 is 0 Å². The predicted molar refractivity (Wildman–Crippen MR) is 132 cm³/mol. The smallest absolute Gasteiger partial charge is 0.273 e. The van der Waals surface area contributed by atoms with Crippen LogP contribution >= 0.6 is 0 Å². The maximum Gasteiger partial charge on any atom is 0.273 e. The molecule has 0 bridgehead atoms. The van der Waals surface area contributed by atoms with Crippen molar-refractivity contribution in [2.45, 2.75) is 32.9 Å². The van der Waals surface area contributed by atoms with Gasteiger partial charge in [-0.2, -0.15) is 5.10 Å². The Hall–Kier alpha value is -4.00. The van der Waals surface area contributed by atoms with Crippen molar-refractivity contribution in [1.82, 2.24) is 15.1 Å². The predicted octanol–water partition coefficient (Wildman–Crippen LogP) is 5.85. The monoisotopic (exact) mass is 471 g/mol. The molecule has 0 fully saturated rings. The fourth-order valence-corrected chi connectivity index (χ4v) is 4.40. The Morgan fingerprint density at radius 2 is 1.80 bits per heavy atom. The highest BCUT2D eigenvalue weighted by atomic mass is 16.5. The van der Waals surface area contributed by atoms with Gasteiger partial charge in [0.25, 0.3) is 5.91 Å². The van der Waals surface area contributed by atoms with Crippen LogP contribution in [0.15, 0.2) is 71.3 Å². The Kier molecular flexibility index (Phi) is 6.31. The number of nitrogens with zero attached hydrogens (tertiary/aromatic N) is 2. The molecule has 3 heterocycles. The highest BCUT2D eigenvalue weighted by Gasteiger charge is 2.42. The second-order valence-corrected chi connectivity index (χ2v) is 9.10. The number of aromatic nitrogens is 2. The van der Waals surface area contributed by atoms with Crippen molar-refractivity contribution in [3.8, 4) is 22.8 Å². The van der Waals surface area contributed by atoms with Crippen LogP contribution in [0.25, 0.3) is 11.3 Å². The third kappa shape index (κ3) is 4.54. The molecule has 1 atom stereocenters. The van der Waals surface area contributed by atoms with E-state index in [0.29, 0.717) is 24.8 Å². The number of ether oxygens (including phenoxy) is 2. The van der Waals surface area contributed by atoms with Gasteiger partial charge in [0.1, 0.15) is 23.0 Å². The Balaban J connectivity index is 1.51. The number of carbonyl (C=O) groups is 1. The molecule has 0 saturated carbocycles. The Bertz CT molecular complexity index is 1280. The SMILES string of the molecule is COc1ccc(-c2n[nH]c3c2C(c2ccc(OCCC(C)C)cc2)N(Cc2ccco2)C3=O)cc1. The summed E-state index contributed by atoms with van der Waals surface area (Å²) in [4.78, 5) is 15.3. The van der Waals surface area contributed by atoms with Crippen LogP contribution < -0.4 is 9.47 Å². The molecule has 1 aliphatic rings. The van der Waals surface area contributed by atoms with Crippen LogP contribution in [0.4, 0.5) is 0 Å². The highest BCUT2D eigenvalue weighted by Crippen LogP contribution is 2.44. The summed E-state index contributed by atoms with van der Waals surface area (Å²) in [7, 11) is 1.64. The van der Waals surface area contributed by atoms with Crippen molar-refractivity contribution in [2.24, 2.45) is 5.92 Å². The lowest BCUT2D eigenvalue weighted by Crippen LogP contribution is -2.28. The maximum atomic E-state index is 13.5. The van der Waals surface area contributed by atoms with E-state index in [1.807, 2.05) is 65.6 Å². The maximum absolute atomic E-state index is 13.5. The molecule has 1 unspecified atom stereocenters. The largest absolute Gasteiger partial charge is 0.497 e. The minimum atomic E-state index is -0.317. The number of carbonyl (C=O) groups excluding carboxylic acids is 1. The normalized spacial score (nSPS) is 15.0. The minimum Gasteiger partial charge on any atom is -0.497 e. The summed E-state index contributed by atoms with van der Waals surface area (Å²) in [6.45, 7) is 5.39. The molecule has 7 heteroatoms. The van der Waals surface area contributed by atoms with E-state index in [1.165, 1.54) is 0 Å². The number of amides is 1. The molecule has 0 saturated heterocycles. The standard InChI is InChI=1S/C28H29N3O4/c1-18(2)14-16-35-22-12-8-20(9-13-22)27-24-25(19-6-10-21(33-3)11-7-19)29-30-26(24)28(32)31(27)17-23-5-4-15-34-23/h4-13,15,18,27H,14,16-17H2,1-3H3,(H,29,30). The summed E-state index contributed by atoms with van der Waals surface area (Å²) in [5.41, 5.74) is 4.01. The number of H-pyrrole nitrogens is 1. The second-order valence-electron chi connectivity index (χ2n) is 9.10. The van der Waals surface area contributed by atoms with Gasteiger partial charge in [-0.05, 0) is 66.4 Å². The van der Waals surface area contributed by atoms with Crippen LogP contribution in [0.3, 0.4) is 0 Å². The summed E-state index contributed by atoms with van der Waals surface area (Å²) in [6, 6.07) is 19.1. The molecule has 0 radical (unpaired) electrons. The zero-order valence-electron chi connectivity index (χ0n) is 20.2. The van der Waals surface area contributed by atoms with Crippen molar-refractivity contribution < 1.29 is 18.7 Å². The molecular weight excluding hydrogens is 442 g/mol. The minimum absolute atomic E-state index is 0.106. The van der Waals surface area contributed by atoms with Crippen LogP contribution in [0, 0.1) is 5.92 Å². The lowest BCUT2D eigenvalue weighted by Gasteiger charge is -2.25. The fourth-order valence-electron chi connectivity index (χ4n) is 4.40. The quantitative estimate of drug-likeness (QED) is 0.331. The van der Waals surface area contributed by atoms with Crippen LogP contribution in [0.2, 0.25) is 0 Å². The summed E-state index contributed by atoms with van der Waals surface area (Å²) in [6.07, 6.45) is 2.62. The van der Waals surface area contributed by atoms with Gasteiger partial charge in [0.15, 0.2) is 0 Å². The molecule has 35 heavy (non-hydrogen) atoms. The first kappa shape index (κ1) is 22.8. The summed E-state index contributed by atoms with van der Waals surface area (Å²) in [5.74, 6) is 2.79. The van der Waals surface area contributed by atoms with Gasteiger partial charge >= 0.3 is 0 Å². The van der Waals surface area contributed by atoms with Gasteiger partial charge in [0.05, 0.1) is 38.3 Å². The van der Waals surface area contributed by atoms with Crippen molar-refractivity contribution in [2.75, 3.05) is 13.7 Å². The average molecular weight is 472 g/mol. The van der Waals surface area contributed by atoms with Gasteiger partial charge in [0.2, 0.25) is 0 Å². The number of methoxy groups -OCH3 is 1. The van der Waals surface area contributed by atoms with Crippen LogP contribution in [0.5, 0.6) is 11.5 Å². The third-order valence-corrected chi connectivity index (χ3v) is 6.29. The summed E-state index contributed by atoms with van der Waals surface area (Å²) >= 11 is 0. The molecule has 4 aromatic rings. The summed E-state index contributed by atoms with van der Waals surface area (Å²) in [5, 5.41) is 7.53. The molecule has 2 aromatic heterocycles. The molecule has 5 rings (SSSR count). The molecular formula is C28H29N3O4. The van der Waals surface area contributed by atoms with E-state index in [0.717, 1.165) is 46.1 Å². The molecule has 1 amide bonds. The lowest BCUT2D eigenvalue weighted by atomic mass is 9.96. The van der Waals surface area contributed by atoms with Gasteiger partial charge in [-0.3, -0.25) is 9.89 Å². The van der Waals surface area contributed by atoms with Gasteiger partial charge in [-0.1, -0.05) is 26.0 Å². The first-order chi connectivity index (χ1) is 17.0. The van der Waals surface area contributed by atoms with Crippen molar-refractivity contribution >= 4 is 5.91 Å². The zero-order valence-corrected chi connectivity index (χ0v) is 20.2. The Morgan fingerprint density at radius 1 is 1.06 bits per heavy atom. The Labute approximate surface area is 204 Å². The van der Waals surface area contributed by atoms with E-state index < -0.39 is 0 Å². The number of rotatable bonds is 9. The molecule has 1 aliphatic heterocycles. The number of fused-ring (bicyclic) bond motifs is 1. The number of benzene rings is 2. The molecule has 2 aromatic carbocycles. The molecule has 180 valence electrons. The zero-order chi connectivity index (χ0) is 24.4. The molecule has 0 aliphatic carbocycles. The number of nitrogens with one attached hydrogen (secondary N) is 1. The van der Waals surface area contributed by atoms with E-state index in [4.69, 9.17) is 13.9 Å². The second kappa shape index (κ2) is 9.70. The van der Waals surface area contributed by atoms with E-state index in [2.05, 4.69) is 24.0 Å². The summed E-state index contributed by atoms with van der Waals surface area (Å²) < 4.78 is 16.8. The van der Waals surface area contributed by atoms with Gasteiger partial charge in [-0.15, -0.1) is 0 Å². The van der Waals surface area contributed by atoms with E-state index in [-0.39, 0.29) is 11.9 Å². The first-order valence-corrected chi connectivity index (χ1v) is 11.8. The van der Waals surface area contributed by atoms with Crippen LogP contribution in [0.1, 0.15) is 53.7 Å². The van der Waals surface area contributed by atoms with Crippen LogP contribution in [-0.2, 0) is 6.54 Å². The van der Waals surface area contributed by atoms with Crippen molar-refractivity contribution in [3.63, 3.8) is 0 Å². The highest BCUT2D eigenvalue weighted by molar-refractivity contribution is 6.00. The molecule has 0 spiro atoms. The Morgan fingerprint density at radius 3 is 2.46 bits per heavy atom. The first-order valence-electron chi connectivity index (χ1n) is 11.8. The number of furan rings is 1. The molecule has 7 nitrogen and oxygen atoms in total. The van der Waals surface area contributed by atoms with Gasteiger partial charge in [-0.25, -0.2) is 0 Å². The van der Waals surface area contributed by atoms with Gasteiger partial charge < -0.3 is 18.8 Å². The number of aromatic amines is 1. The van der Waals surface area contributed by atoms with Crippen LogP contribution in [-0.4, -0.2) is 34.7 Å². The number of hydrogen-bond acceptors (Lipinski definition) is 5. The lowest BCUT2D eigenvalue weighted by molar-refractivity contribution is 0.0717. The topological polar surface area (TPSA) is 80.6 Å². The van der Waals surface area contributed by atoms with Crippen molar-refractivity contribution in [3.05, 3.63) is 89.5 Å². The van der Waals surface area contributed by atoms with Gasteiger partial charge in [0, 0.05) is 11.1 Å². The van der Waals surface area contributed by atoms with E-state index in [9.17, 15) is 4.79 Å². The molecule has 1 N–H and O–H groups in total. The van der Waals surface area contributed by atoms with E-state index in [1.54, 1.807) is 13.4 Å². The average Bonchev–Trinajstić information content (AvgIpc) is 3.59. The number of hydrogen-bond donors (Lipinski definition) is 1. The third-order valence-electron chi connectivity index (χ3n) is 6.29. The van der Waals surface area contributed by atoms with Crippen molar-refractivity contribution in [1.29, 1.82) is 0 Å².